The third kappa shape index (κ3) is 5.60. The molecule has 9 nitrogen and oxygen atoms in total. The fourth-order valence-electron chi connectivity index (χ4n) is 3.02. The van der Waals surface area contributed by atoms with Gasteiger partial charge in [0.05, 0.1) is 23.8 Å². The van der Waals surface area contributed by atoms with E-state index < -0.39 is 51.2 Å². The number of nitrogens with zero attached hydrogens (tertiary/aromatic N) is 5. The molecule has 0 radical (unpaired) electrons. The van der Waals surface area contributed by atoms with Crippen LogP contribution in [0.4, 0.5) is 14.5 Å². The number of hydrogen-bond donors (Lipinski definition) is 0. The van der Waals surface area contributed by atoms with Crippen molar-refractivity contribution in [3.05, 3.63) is 35.9 Å². The first kappa shape index (κ1) is 24.1. The molecule has 0 bridgehead atoms. The van der Waals surface area contributed by atoms with Gasteiger partial charge >= 0.3 is 0 Å². The number of alkyl halides is 2. The number of carbonyl (C=O) groups is 1. The van der Waals surface area contributed by atoms with Crippen LogP contribution in [0.1, 0.15) is 20.3 Å². The van der Waals surface area contributed by atoms with Gasteiger partial charge in [-0.25, -0.2) is 21.9 Å². The molecule has 2 aromatic heterocycles. The normalized spacial score (nSPS) is 17.8. The summed E-state index contributed by atoms with van der Waals surface area (Å²) in [5.41, 5.74) is 0.390. The number of pyridine rings is 1. The summed E-state index contributed by atoms with van der Waals surface area (Å²) in [6, 6.07) is 3.44. The van der Waals surface area contributed by atoms with Crippen molar-refractivity contribution in [1.29, 1.82) is 0 Å². The van der Waals surface area contributed by atoms with Crippen LogP contribution < -0.4 is 4.90 Å². The highest BCUT2D eigenvalue weighted by Gasteiger charge is 2.58. The Morgan fingerprint density at radius 3 is 2.72 bits per heavy atom. The van der Waals surface area contributed by atoms with Crippen molar-refractivity contribution in [3.63, 3.8) is 0 Å². The monoisotopic (exact) mass is 489 g/mol. The average Bonchev–Trinajstić information content (AvgIpc) is 3.14. The summed E-state index contributed by atoms with van der Waals surface area (Å²) in [5, 5.41) is 7.83. The minimum atomic E-state index is -4.04. The number of carbonyl (C=O) groups excluding carboxylic acids is 1. The van der Waals surface area contributed by atoms with E-state index in [0.29, 0.717) is 5.69 Å². The number of amides is 1. The van der Waals surface area contributed by atoms with Gasteiger partial charge < -0.3 is 9.74 Å². The number of oxime groups is 1. The molecule has 1 amide bonds. The summed E-state index contributed by atoms with van der Waals surface area (Å²) in [4.78, 5) is 23.3. The van der Waals surface area contributed by atoms with E-state index in [2.05, 4.69) is 15.2 Å². The molecule has 0 saturated heterocycles. The number of rotatable bonds is 10. The lowest BCUT2D eigenvalue weighted by Gasteiger charge is -2.20. The minimum absolute atomic E-state index is 0.000271. The first-order valence-corrected chi connectivity index (χ1v) is 12.0. The van der Waals surface area contributed by atoms with Crippen molar-refractivity contribution >= 4 is 38.7 Å². The van der Waals surface area contributed by atoms with Gasteiger partial charge in [0, 0.05) is 25.1 Å². The van der Waals surface area contributed by atoms with E-state index >= 15 is 0 Å². The smallest absolute Gasteiger partial charge is 0.277 e. The lowest BCUT2D eigenvalue weighted by Crippen LogP contribution is -2.40. The number of hydrogen-bond acceptors (Lipinski definition) is 7. The third-order valence-electron chi connectivity index (χ3n) is 4.73. The van der Waals surface area contributed by atoms with Crippen LogP contribution in [0.5, 0.6) is 0 Å². The highest BCUT2D eigenvalue weighted by molar-refractivity contribution is 7.92. The summed E-state index contributed by atoms with van der Waals surface area (Å²) in [6.07, 6.45) is 4.15. The second kappa shape index (κ2) is 9.49. The van der Waals surface area contributed by atoms with Gasteiger partial charge in [-0.05, 0) is 26.0 Å². The van der Waals surface area contributed by atoms with Crippen LogP contribution in [0.3, 0.4) is 0 Å². The highest BCUT2D eigenvalue weighted by Crippen LogP contribution is 2.49. The van der Waals surface area contributed by atoms with Gasteiger partial charge in [0.2, 0.25) is 0 Å². The van der Waals surface area contributed by atoms with Gasteiger partial charge in [0.25, 0.3) is 11.8 Å². The van der Waals surface area contributed by atoms with Crippen molar-refractivity contribution in [2.75, 3.05) is 29.6 Å². The van der Waals surface area contributed by atoms with Crippen LogP contribution in [0.2, 0.25) is 5.15 Å². The van der Waals surface area contributed by atoms with Gasteiger partial charge in [-0.1, -0.05) is 16.8 Å². The predicted molar refractivity (Wildman–Crippen MR) is 115 cm³/mol. The van der Waals surface area contributed by atoms with Gasteiger partial charge in [0.1, 0.15) is 18.0 Å². The van der Waals surface area contributed by atoms with E-state index in [1.807, 2.05) is 0 Å². The van der Waals surface area contributed by atoms with E-state index in [4.69, 9.17) is 16.4 Å². The molecule has 1 aliphatic carbocycles. The number of aromatic nitrogens is 3. The van der Waals surface area contributed by atoms with Gasteiger partial charge in [-0.3, -0.25) is 9.78 Å². The lowest BCUT2D eigenvalue weighted by atomic mass is 10.3. The third-order valence-corrected chi connectivity index (χ3v) is 6.62. The fourth-order valence-corrected chi connectivity index (χ4v) is 4.94. The zero-order valence-corrected chi connectivity index (χ0v) is 19.0. The maximum absolute atomic E-state index is 13.2. The number of sulfone groups is 1. The average molecular weight is 490 g/mol. The molecule has 32 heavy (non-hydrogen) atoms. The van der Waals surface area contributed by atoms with Crippen molar-refractivity contribution in [2.24, 2.45) is 11.1 Å². The minimum Gasteiger partial charge on any atom is -0.396 e. The molecule has 0 aliphatic heterocycles. The van der Waals surface area contributed by atoms with E-state index in [1.165, 1.54) is 15.8 Å². The molecule has 0 N–H and O–H groups in total. The van der Waals surface area contributed by atoms with Crippen LogP contribution in [-0.2, 0) is 19.5 Å². The fraction of sp³-hybridized carbons (Fsp3) is 0.474. The maximum Gasteiger partial charge on any atom is 0.277 e. The molecule has 1 unspecified atom stereocenters. The SMILES string of the molecule is CCON=C(CS(=O)(=O)CC1CC1(F)F)C(=O)N(CC)c1cn(-c2cccnc2)nc1Cl. The molecule has 0 spiro atoms. The van der Waals surface area contributed by atoms with Crippen molar-refractivity contribution in [1.82, 2.24) is 14.8 Å². The standard InChI is InChI=1S/C19H22ClF2N5O4S/c1-3-26(16-10-27(24-17(16)20)14-6-5-7-23-9-14)18(28)15(25-31-4-2)12-32(29,30)11-13-8-19(13,21)22/h5-7,9-10,13H,3-4,8,11-12H2,1-2H3. The highest BCUT2D eigenvalue weighted by atomic mass is 35.5. The van der Waals surface area contributed by atoms with Crippen LogP contribution in [0, 0.1) is 5.92 Å². The Balaban J connectivity index is 1.85. The van der Waals surface area contributed by atoms with E-state index in [0.717, 1.165) is 0 Å². The second-order valence-electron chi connectivity index (χ2n) is 7.18. The van der Waals surface area contributed by atoms with E-state index in [-0.39, 0.29) is 24.0 Å². The number of anilines is 1. The molecule has 1 saturated carbocycles. The number of halogens is 3. The Morgan fingerprint density at radius 1 is 1.44 bits per heavy atom. The zero-order chi connectivity index (χ0) is 23.5. The van der Waals surface area contributed by atoms with E-state index in [9.17, 15) is 22.0 Å². The molecule has 2 heterocycles. The summed E-state index contributed by atoms with van der Waals surface area (Å²) >= 11 is 6.24. The second-order valence-corrected chi connectivity index (χ2v) is 9.65. The Morgan fingerprint density at radius 2 is 2.16 bits per heavy atom. The van der Waals surface area contributed by atoms with Gasteiger partial charge in [0.15, 0.2) is 20.7 Å². The topological polar surface area (TPSA) is 107 Å². The lowest BCUT2D eigenvalue weighted by molar-refractivity contribution is -0.112. The first-order chi connectivity index (χ1) is 15.1. The first-order valence-electron chi connectivity index (χ1n) is 9.82. The van der Waals surface area contributed by atoms with E-state index in [1.54, 1.807) is 38.4 Å². The molecule has 2 aromatic rings. The summed E-state index contributed by atoms with van der Waals surface area (Å²) in [7, 11) is -4.04. The summed E-state index contributed by atoms with van der Waals surface area (Å²) in [6.45, 7) is 3.47. The van der Waals surface area contributed by atoms with Crippen LogP contribution in [-0.4, -0.2) is 65.4 Å². The maximum atomic E-state index is 13.2. The van der Waals surface area contributed by atoms with Crippen LogP contribution >= 0.6 is 11.6 Å². The molecule has 174 valence electrons. The Kier molecular flexibility index (Phi) is 7.13. The summed E-state index contributed by atoms with van der Waals surface area (Å²) in [5.74, 6) is -6.57. The molecule has 1 atom stereocenters. The van der Waals surface area contributed by atoms with Crippen molar-refractivity contribution < 1.29 is 26.8 Å². The molecule has 3 rings (SSSR count). The molecule has 13 heteroatoms. The predicted octanol–water partition coefficient (Wildman–Crippen LogP) is 2.74. The van der Waals surface area contributed by atoms with Gasteiger partial charge in [-0.15, -0.1) is 0 Å². The van der Waals surface area contributed by atoms with Gasteiger partial charge in [-0.2, -0.15) is 5.10 Å². The molecule has 0 aromatic carbocycles. The Labute approximate surface area is 188 Å². The zero-order valence-electron chi connectivity index (χ0n) is 17.4. The molecule has 1 aliphatic rings. The molecular weight excluding hydrogens is 468 g/mol. The quantitative estimate of drug-likeness (QED) is 0.375. The van der Waals surface area contributed by atoms with Crippen LogP contribution in [0.15, 0.2) is 35.9 Å². The Bertz CT molecular complexity index is 1110. The van der Waals surface area contributed by atoms with Crippen molar-refractivity contribution in [2.45, 2.75) is 26.2 Å². The Hall–Kier alpha value is -2.60. The summed E-state index contributed by atoms with van der Waals surface area (Å²) < 4.78 is 52.7. The molecular formula is C19H22ClF2N5O4S. The van der Waals surface area contributed by atoms with Crippen LogP contribution in [0.25, 0.3) is 5.69 Å². The molecule has 1 fully saturated rings. The largest absolute Gasteiger partial charge is 0.396 e. The van der Waals surface area contributed by atoms with Crippen molar-refractivity contribution in [3.8, 4) is 5.69 Å².